The number of aromatic nitrogens is 1. The largest absolute Gasteiger partial charge is 0.503 e. The van der Waals surface area contributed by atoms with E-state index in [1.807, 2.05) is 68.4 Å². The Kier molecular flexibility index (Phi) is 5.26. The molecule has 0 bridgehead atoms. The van der Waals surface area contributed by atoms with Crippen molar-refractivity contribution in [2.75, 3.05) is 0 Å². The Morgan fingerprint density at radius 3 is 2.33 bits per heavy atom. The maximum Gasteiger partial charge on any atom is 0.290 e. The molecule has 3 aromatic rings. The van der Waals surface area contributed by atoms with Crippen LogP contribution in [0.5, 0.6) is 0 Å². The molecule has 1 N–H and O–H groups in total. The summed E-state index contributed by atoms with van der Waals surface area (Å²) in [5.74, 6) is -1.36. The van der Waals surface area contributed by atoms with Crippen molar-refractivity contribution in [3.05, 3.63) is 98.2 Å². The lowest BCUT2D eigenvalue weighted by molar-refractivity contribution is -0.130. The molecule has 4 rings (SSSR count). The number of hydrogen-bond donors (Lipinski definition) is 1. The summed E-state index contributed by atoms with van der Waals surface area (Å²) in [6, 6.07) is 16.6. The van der Waals surface area contributed by atoms with Crippen LogP contribution in [0.15, 0.2) is 65.9 Å². The number of amides is 1. The molecule has 0 saturated carbocycles. The molecular weight excluding hydrogens is 396 g/mol. The van der Waals surface area contributed by atoms with Crippen LogP contribution in [0, 0.1) is 20.8 Å². The zero-order valence-electron chi connectivity index (χ0n) is 17.0. The van der Waals surface area contributed by atoms with Crippen molar-refractivity contribution >= 4 is 23.0 Å². The van der Waals surface area contributed by atoms with Gasteiger partial charge in [0.2, 0.25) is 5.78 Å². The quantitative estimate of drug-likeness (QED) is 0.602. The second kappa shape index (κ2) is 7.88. The molecule has 0 saturated heterocycles. The molecule has 0 fully saturated rings. The molecule has 0 spiro atoms. The third kappa shape index (κ3) is 3.55. The van der Waals surface area contributed by atoms with Gasteiger partial charge in [-0.1, -0.05) is 60.2 Å². The fourth-order valence-electron chi connectivity index (χ4n) is 3.79. The standard InChI is InChI=1S/C24H22N2O3S/c1-14-9-11-18(12-10-14)20-19(21(27)23-15(2)25-16(3)30-23)22(28)24(29)26(20)13-17-7-5-4-6-8-17/h4-12,20,28H,13H2,1-3H3. The molecule has 1 aliphatic rings. The van der Waals surface area contributed by atoms with Gasteiger partial charge in [-0.15, -0.1) is 11.3 Å². The van der Waals surface area contributed by atoms with Crippen LogP contribution in [0.1, 0.15) is 43.1 Å². The number of rotatable bonds is 5. The second-order valence-corrected chi connectivity index (χ2v) is 8.67. The summed E-state index contributed by atoms with van der Waals surface area (Å²) >= 11 is 1.28. The average molecular weight is 419 g/mol. The van der Waals surface area contributed by atoms with E-state index >= 15 is 0 Å². The number of carbonyl (C=O) groups is 2. The fraction of sp³-hybridized carbons (Fsp3) is 0.208. The summed E-state index contributed by atoms with van der Waals surface area (Å²) in [4.78, 5) is 32.9. The molecule has 2 aromatic carbocycles. The number of aliphatic hydroxyl groups is 1. The first-order chi connectivity index (χ1) is 14.4. The highest BCUT2D eigenvalue weighted by atomic mass is 32.1. The normalized spacial score (nSPS) is 16.4. The van der Waals surface area contributed by atoms with E-state index in [1.54, 1.807) is 11.8 Å². The van der Waals surface area contributed by atoms with Gasteiger partial charge in [-0.05, 0) is 31.9 Å². The fourth-order valence-corrected chi connectivity index (χ4v) is 4.66. The van der Waals surface area contributed by atoms with Crippen LogP contribution in [0.3, 0.4) is 0 Å². The number of hydrogen-bond acceptors (Lipinski definition) is 5. The minimum atomic E-state index is -0.660. The number of aliphatic hydroxyl groups excluding tert-OH is 1. The lowest BCUT2D eigenvalue weighted by Gasteiger charge is -2.27. The van der Waals surface area contributed by atoms with Gasteiger partial charge in [-0.25, -0.2) is 4.98 Å². The number of carbonyl (C=O) groups excluding carboxylic acids is 2. The van der Waals surface area contributed by atoms with Crippen molar-refractivity contribution in [3.63, 3.8) is 0 Å². The van der Waals surface area contributed by atoms with Crippen LogP contribution >= 0.6 is 11.3 Å². The Labute approximate surface area is 179 Å². The Hall–Kier alpha value is -3.25. The first-order valence-corrected chi connectivity index (χ1v) is 10.5. The third-order valence-corrected chi connectivity index (χ3v) is 6.32. The lowest BCUT2D eigenvalue weighted by Crippen LogP contribution is -2.30. The summed E-state index contributed by atoms with van der Waals surface area (Å²) in [6.45, 7) is 5.88. The number of nitrogens with zero attached hydrogens (tertiary/aromatic N) is 2. The molecule has 1 aliphatic heterocycles. The molecule has 6 heteroatoms. The number of Topliss-reactive ketones (excluding diaryl/α,β-unsaturated/α-hetero) is 1. The molecule has 0 aliphatic carbocycles. The number of ketones is 1. The smallest absolute Gasteiger partial charge is 0.290 e. The van der Waals surface area contributed by atoms with Gasteiger partial charge in [0.25, 0.3) is 5.91 Å². The minimum Gasteiger partial charge on any atom is -0.503 e. The molecule has 30 heavy (non-hydrogen) atoms. The van der Waals surface area contributed by atoms with Gasteiger partial charge < -0.3 is 10.0 Å². The second-order valence-electron chi connectivity index (χ2n) is 7.47. The van der Waals surface area contributed by atoms with Gasteiger partial charge in [0.05, 0.1) is 27.2 Å². The van der Waals surface area contributed by atoms with Crippen LogP contribution in [0.4, 0.5) is 0 Å². The highest BCUT2D eigenvalue weighted by Gasteiger charge is 2.44. The van der Waals surface area contributed by atoms with Gasteiger partial charge in [0.1, 0.15) is 0 Å². The summed E-state index contributed by atoms with van der Waals surface area (Å²) in [6.07, 6.45) is 0. The van der Waals surface area contributed by atoms with Crippen molar-refractivity contribution in [2.45, 2.75) is 33.4 Å². The predicted octanol–water partition coefficient (Wildman–Crippen LogP) is 4.85. The first-order valence-electron chi connectivity index (χ1n) is 9.70. The average Bonchev–Trinajstić information content (AvgIpc) is 3.20. The maximum atomic E-state index is 13.5. The van der Waals surface area contributed by atoms with Gasteiger partial charge in [-0.2, -0.15) is 0 Å². The van der Waals surface area contributed by atoms with Crippen LogP contribution in [-0.4, -0.2) is 26.7 Å². The molecule has 5 nitrogen and oxygen atoms in total. The Morgan fingerprint density at radius 1 is 1.07 bits per heavy atom. The summed E-state index contributed by atoms with van der Waals surface area (Å²) < 4.78 is 0. The topological polar surface area (TPSA) is 70.5 Å². The molecule has 1 amide bonds. The van der Waals surface area contributed by atoms with E-state index in [4.69, 9.17) is 0 Å². The summed E-state index contributed by atoms with van der Waals surface area (Å²) in [7, 11) is 0. The monoisotopic (exact) mass is 418 g/mol. The van der Waals surface area contributed by atoms with Gasteiger partial charge in [0.15, 0.2) is 5.76 Å². The van der Waals surface area contributed by atoms with E-state index in [2.05, 4.69) is 4.98 Å². The molecule has 2 heterocycles. The van der Waals surface area contributed by atoms with Crippen molar-refractivity contribution in [3.8, 4) is 0 Å². The van der Waals surface area contributed by atoms with E-state index in [1.165, 1.54) is 11.3 Å². The van der Waals surface area contributed by atoms with Crippen LogP contribution < -0.4 is 0 Å². The molecule has 1 unspecified atom stereocenters. The van der Waals surface area contributed by atoms with Crippen LogP contribution in [0.25, 0.3) is 0 Å². The van der Waals surface area contributed by atoms with Crippen molar-refractivity contribution in [1.82, 2.24) is 9.88 Å². The number of aryl methyl sites for hydroxylation is 3. The highest BCUT2D eigenvalue weighted by molar-refractivity contribution is 7.14. The van der Waals surface area contributed by atoms with E-state index < -0.39 is 17.7 Å². The molecular formula is C24H22N2O3S. The van der Waals surface area contributed by atoms with Gasteiger partial charge >= 0.3 is 0 Å². The molecule has 1 atom stereocenters. The maximum absolute atomic E-state index is 13.5. The molecule has 1 aromatic heterocycles. The SMILES string of the molecule is Cc1ccc(C2C(C(=O)c3sc(C)nc3C)=C(O)C(=O)N2Cc2ccccc2)cc1. The molecule has 0 radical (unpaired) electrons. The number of benzene rings is 2. The van der Waals surface area contributed by atoms with Crippen LogP contribution in [0.2, 0.25) is 0 Å². The molecule has 152 valence electrons. The summed E-state index contributed by atoms with van der Waals surface area (Å²) in [5.41, 5.74) is 3.52. The highest BCUT2D eigenvalue weighted by Crippen LogP contribution is 2.41. The van der Waals surface area contributed by atoms with E-state index in [9.17, 15) is 14.7 Å². The first kappa shape index (κ1) is 20.0. The van der Waals surface area contributed by atoms with Gasteiger partial charge in [0, 0.05) is 6.54 Å². The van der Waals surface area contributed by atoms with Crippen molar-refractivity contribution in [2.24, 2.45) is 0 Å². The predicted molar refractivity (Wildman–Crippen MR) is 116 cm³/mol. The van der Waals surface area contributed by atoms with Crippen molar-refractivity contribution < 1.29 is 14.7 Å². The number of thiazole rings is 1. The lowest BCUT2D eigenvalue weighted by atomic mass is 9.94. The summed E-state index contributed by atoms with van der Waals surface area (Å²) in [5, 5.41) is 11.5. The zero-order valence-corrected chi connectivity index (χ0v) is 17.9. The zero-order chi connectivity index (χ0) is 21.4. The van der Waals surface area contributed by atoms with E-state index in [-0.39, 0.29) is 11.4 Å². The Morgan fingerprint density at radius 2 is 1.73 bits per heavy atom. The van der Waals surface area contributed by atoms with Crippen LogP contribution in [-0.2, 0) is 11.3 Å². The van der Waals surface area contributed by atoms with Gasteiger partial charge in [-0.3, -0.25) is 9.59 Å². The minimum absolute atomic E-state index is 0.117. The van der Waals surface area contributed by atoms with Crippen molar-refractivity contribution in [1.29, 1.82) is 0 Å². The van der Waals surface area contributed by atoms with E-state index in [0.29, 0.717) is 17.1 Å². The Balaban J connectivity index is 1.81. The Bertz CT molecular complexity index is 1150. The van der Waals surface area contributed by atoms with E-state index in [0.717, 1.165) is 21.7 Å². The third-order valence-electron chi connectivity index (χ3n) is 5.25.